The Labute approximate surface area is 88.0 Å². The molecule has 0 amide bonds. The first-order valence-corrected chi connectivity index (χ1v) is 5.09. The van der Waals surface area contributed by atoms with Crippen LogP contribution in [0.1, 0.15) is 0 Å². The lowest BCUT2D eigenvalue weighted by molar-refractivity contribution is 0.603. The van der Waals surface area contributed by atoms with Crippen molar-refractivity contribution in [1.29, 1.82) is 0 Å². The molecule has 0 aliphatic carbocycles. The summed E-state index contributed by atoms with van der Waals surface area (Å²) in [5.41, 5.74) is 0.717. The van der Waals surface area contributed by atoms with Gasteiger partial charge >= 0.3 is 0 Å². The first-order valence-electron chi connectivity index (χ1n) is 3.80. The van der Waals surface area contributed by atoms with E-state index in [9.17, 15) is 8.78 Å². The molecule has 0 fully saturated rings. The predicted molar refractivity (Wildman–Crippen MR) is 54.9 cm³/mol. The van der Waals surface area contributed by atoms with Crippen LogP contribution in [-0.4, -0.2) is 4.98 Å². The zero-order valence-corrected chi connectivity index (χ0v) is 8.51. The fraction of sp³-hybridized carbons (Fsp3) is 0. The molecule has 1 N–H and O–H groups in total. The number of aromatic amines is 1. The van der Waals surface area contributed by atoms with E-state index in [4.69, 9.17) is 12.2 Å². The van der Waals surface area contributed by atoms with Gasteiger partial charge in [0.2, 0.25) is 0 Å². The van der Waals surface area contributed by atoms with Crippen LogP contribution in [0, 0.1) is 15.6 Å². The lowest BCUT2D eigenvalue weighted by Crippen LogP contribution is -1.85. The molecule has 0 bridgehead atoms. The molecular formula is C9H5F2NS2. The SMILES string of the molecule is Fc1ccc(F)c(-c2csc(=S)[nH]2)c1. The number of halogens is 2. The topological polar surface area (TPSA) is 15.8 Å². The third-order valence-electron chi connectivity index (χ3n) is 1.74. The smallest absolute Gasteiger partial charge is 0.158 e. The van der Waals surface area contributed by atoms with Crippen molar-refractivity contribution in [2.75, 3.05) is 0 Å². The number of nitrogens with one attached hydrogen (secondary N) is 1. The van der Waals surface area contributed by atoms with Crippen LogP contribution in [-0.2, 0) is 0 Å². The minimum Gasteiger partial charge on any atom is -0.337 e. The fourth-order valence-corrected chi connectivity index (χ4v) is 1.95. The minimum absolute atomic E-state index is 0.206. The van der Waals surface area contributed by atoms with Gasteiger partial charge in [0.1, 0.15) is 11.6 Å². The van der Waals surface area contributed by atoms with Gasteiger partial charge in [0.05, 0.1) is 5.69 Å². The van der Waals surface area contributed by atoms with E-state index in [-0.39, 0.29) is 5.56 Å². The Bertz CT molecular complexity index is 516. The Balaban J connectivity index is 2.61. The highest BCUT2D eigenvalue weighted by molar-refractivity contribution is 7.73. The number of rotatable bonds is 1. The molecule has 2 aromatic rings. The average Bonchev–Trinajstić information content (AvgIpc) is 2.56. The molecule has 1 aromatic carbocycles. The number of H-pyrrole nitrogens is 1. The van der Waals surface area contributed by atoms with Gasteiger partial charge in [-0.3, -0.25) is 0 Å². The first-order chi connectivity index (χ1) is 6.66. The molecule has 1 heterocycles. The molecule has 0 unspecified atom stereocenters. The van der Waals surface area contributed by atoms with Crippen LogP contribution in [0.3, 0.4) is 0 Å². The van der Waals surface area contributed by atoms with Crippen molar-refractivity contribution in [3.63, 3.8) is 0 Å². The third-order valence-corrected chi connectivity index (χ3v) is 2.80. The predicted octanol–water partition coefficient (Wildman–Crippen LogP) is 3.75. The monoisotopic (exact) mass is 229 g/mol. The summed E-state index contributed by atoms with van der Waals surface area (Å²) >= 11 is 6.14. The summed E-state index contributed by atoms with van der Waals surface area (Å²) in [6.07, 6.45) is 0. The summed E-state index contributed by atoms with van der Waals surface area (Å²) in [5.74, 6) is -0.928. The van der Waals surface area contributed by atoms with Crippen LogP contribution in [0.4, 0.5) is 8.78 Å². The molecule has 5 heteroatoms. The molecule has 72 valence electrons. The minimum atomic E-state index is -0.466. The maximum absolute atomic E-state index is 13.2. The van der Waals surface area contributed by atoms with Gasteiger partial charge in [-0.1, -0.05) is 0 Å². The van der Waals surface area contributed by atoms with Crippen LogP contribution in [0.2, 0.25) is 0 Å². The summed E-state index contributed by atoms with van der Waals surface area (Å²) in [4.78, 5) is 2.79. The zero-order valence-electron chi connectivity index (χ0n) is 6.88. The third kappa shape index (κ3) is 1.73. The van der Waals surface area contributed by atoms with E-state index in [1.54, 1.807) is 5.38 Å². The van der Waals surface area contributed by atoms with Crippen molar-refractivity contribution in [2.24, 2.45) is 0 Å². The average molecular weight is 229 g/mol. The molecule has 0 atom stereocenters. The van der Waals surface area contributed by atoms with Crippen molar-refractivity contribution in [2.45, 2.75) is 0 Å². The number of thiazole rings is 1. The summed E-state index contributed by atoms with van der Waals surface area (Å²) in [6, 6.07) is 3.32. The second-order valence-electron chi connectivity index (χ2n) is 2.69. The van der Waals surface area contributed by atoms with Crippen LogP contribution >= 0.6 is 23.6 Å². The summed E-state index contributed by atoms with van der Waals surface area (Å²) in [7, 11) is 0. The van der Waals surface area contributed by atoms with Crippen LogP contribution in [0.5, 0.6) is 0 Å². The highest BCUT2D eigenvalue weighted by Gasteiger charge is 2.07. The van der Waals surface area contributed by atoms with Gasteiger partial charge in [0, 0.05) is 10.9 Å². The molecule has 1 aromatic heterocycles. The Morgan fingerprint density at radius 2 is 2.07 bits per heavy atom. The van der Waals surface area contributed by atoms with Gasteiger partial charge in [-0.15, -0.1) is 11.3 Å². The molecular weight excluding hydrogens is 224 g/mol. The quantitative estimate of drug-likeness (QED) is 0.736. The zero-order chi connectivity index (χ0) is 10.1. The van der Waals surface area contributed by atoms with Gasteiger partial charge in [-0.05, 0) is 30.4 Å². The molecule has 0 spiro atoms. The van der Waals surface area contributed by atoms with Crippen LogP contribution in [0.15, 0.2) is 23.6 Å². The molecule has 0 radical (unpaired) electrons. The van der Waals surface area contributed by atoms with Gasteiger partial charge in [-0.25, -0.2) is 8.78 Å². The van der Waals surface area contributed by atoms with Crippen molar-refractivity contribution < 1.29 is 8.78 Å². The molecule has 0 aliphatic heterocycles. The summed E-state index contributed by atoms with van der Waals surface area (Å²) in [5, 5.41) is 1.67. The summed E-state index contributed by atoms with van der Waals surface area (Å²) < 4.78 is 26.6. The van der Waals surface area contributed by atoms with Crippen molar-refractivity contribution >= 4 is 23.6 Å². The molecule has 1 nitrogen and oxygen atoms in total. The van der Waals surface area contributed by atoms with Gasteiger partial charge < -0.3 is 4.98 Å². The van der Waals surface area contributed by atoms with E-state index in [0.29, 0.717) is 9.65 Å². The standard InChI is InChI=1S/C9H5F2NS2/c10-5-1-2-7(11)6(3-5)8-4-14-9(13)12-8/h1-4H,(H,12,13). The molecule has 0 saturated heterocycles. The Morgan fingerprint density at radius 1 is 1.29 bits per heavy atom. The number of aromatic nitrogens is 1. The maximum atomic E-state index is 13.2. The normalized spacial score (nSPS) is 10.4. The van der Waals surface area contributed by atoms with Crippen molar-refractivity contribution in [1.82, 2.24) is 4.98 Å². The second-order valence-corrected chi connectivity index (χ2v) is 4.23. The van der Waals surface area contributed by atoms with Crippen LogP contribution < -0.4 is 0 Å². The highest BCUT2D eigenvalue weighted by Crippen LogP contribution is 2.23. The Kier molecular flexibility index (Phi) is 2.43. The van der Waals surface area contributed by atoms with E-state index in [1.165, 1.54) is 11.3 Å². The highest BCUT2D eigenvalue weighted by atomic mass is 32.1. The fourth-order valence-electron chi connectivity index (χ4n) is 1.12. The second kappa shape index (κ2) is 3.59. The number of hydrogen-bond acceptors (Lipinski definition) is 2. The number of benzene rings is 1. The van der Waals surface area contributed by atoms with Crippen LogP contribution in [0.25, 0.3) is 11.3 Å². The van der Waals surface area contributed by atoms with Gasteiger partial charge in [-0.2, -0.15) is 0 Å². The van der Waals surface area contributed by atoms with Crippen molar-refractivity contribution in [3.8, 4) is 11.3 Å². The van der Waals surface area contributed by atoms with E-state index < -0.39 is 11.6 Å². The molecule has 0 aliphatic rings. The molecule has 0 saturated carbocycles. The lowest BCUT2D eigenvalue weighted by Gasteiger charge is -1.99. The van der Waals surface area contributed by atoms with Crippen molar-refractivity contribution in [3.05, 3.63) is 39.2 Å². The number of hydrogen-bond donors (Lipinski definition) is 1. The molecule has 14 heavy (non-hydrogen) atoms. The van der Waals surface area contributed by atoms with E-state index in [1.807, 2.05) is 0 Å². The summed E-state index contributed by atoms with van der Waals surface area (Å²) in [6.45, 7) is 0. The van der Waals surface area contributed by atoms with Gasteiger partial charge in [0.15, 0.2) is 3.95 Å². The Morgan fingerprint density at radius 3 is 2.71 bits per heavy atom. The largest absolute Gasteiger partial charge is 0.337 e. The molecule has 2 rings (SSSR count). The lowest BCUT2D eigenvalue weighted by atomic mass is 10.1. The van der Waals surface area contributed by atoms with E-state index in [0.717, 1.165) is 18.2 Å². The maximum Gasteiger partial charge on any atom is 0.158 e. The van der Waals surface area contributed by atoms with Gasteiger partial charge in [0.25, 0.3) is 0 Å². The first kappa shape index (κ1) is 9.48. The Hall–Kier alpha value is -1.07. The van der Waals surface area contributed by atoms with E-state index >= 15 is 0 Å². The van der Waals surface area contributed by atoms with E-state index in [2.05, 4.69) is 4.98 Å².